The second-order valence-corrected chi connectivity index (χ2v) is 9.52. The molecule has 0 fully saturated rings. The van der Waals surface area contributed by atoms with Crippen LogP contribution in [-0.4, -0.2) is 34.5 Å². The lowest BCUT2D eigenvalue weighted by atomic mass is 10.1. The molecule has 0 aliphatic carbocycles. The van der Waals surface area contributed by atoms with Gasteiger partial charge in [-0.2, -0.15) is 0 Å². The molecule has 7 heteroatoms. The molecule has 0 unspecified atom stereocenters. The summed E-state index contributed by atoms with van der Waals surface area (Å²) in [5.41, 5.74) is 5.82. The van der Waals surface area contributed by atoms with Crippen LogP contribution in [0, 0.1) is 0 Å². The van der Waals surface area contributed by atoms with Gasteiger partial charge in [-0.1, -0.05) is 54.6 Å². The van der Waals surface area contributed by atoms with Gasteiger partial charge in [0.25, 0.3) is 5.91 Å². The molecule has 0 saturated carbocycles. The largest absolute Gasteiger partial charge is 0.482 e. The predicted molar refractivity (Wildman–Crippen MR) is 160 cm³/mol. The van der Waals surface area contributed by atoms with Crippen molar-refractivity contribution < 1.29 is 19.1 Å². The lowest BCUT2D eigenvalue weighted by Crippen LogP contribution is -2.14. The summed E-state index contributed by atoms with van der Waals surface area (Å²) in [6, 6.07) is 32.9. The fourth-order valence-electron chi connectivity index (χ4n) is 4.68. The Labute approximate surface area is 237 Å². The number of nitrogens with one attached hydrogen (secondary N) is 1. The monoisotopic (exact) mass is 541 g/mol. The van der Waals surface area contributed by atoms with Gasteiger partial charge < -0.3 is 19.2 Å². The number of anilines is 1. The molecule has 41 heavy (non-hydrogen) atoms. The van der Waals surface area contributed by atoms with Crippen molar-refractivity contribution in [2.45, 2.75) is 6.92 Å². The predicted octanol–water partition coefficient (Wildman–Crippen LogP) is 7.02. The van der Waals surface area contributed by atoms with Gasteiger partial charge in [-0.05, 0) is 77.4 Å². The Hall–Kier alpha value is -5.43. The molecule has 0 aliphatic heterocycles. The fourth-order valence-corrected chi connectivity index (χ4v) is 4.68. The number of rotatable bonds is 8. The van der Waals surface area contributed by atoms with Gasteiger partial charge in [0.05, 0.1) is 12.3 Å². The number of amides is 1. The van der Waals surface area contributed by atoms with Gasteiger partial charge in [0, 0.05) is 29.2 Å². The van der Waals surface area contributed by atoms with E-state index in [9.17, 15) is 9.59 Å². The van der Waals surface area contributed by atoms with Crippen LogP contribution in [0.3, 0.4) is 0 Å². The smallest absolute Gasteiger partial charge is 0.344 e. The van der Waals surface area contributed by atoms with E-state index in [2.05, 4.69) is 5.32 Å². The number of carbonyl (C=O) groups is 2. The molecule has 2 aromatic heterocycles. The van der Waals surface area contributed by atoms with Crippen molar-refractivity contribution in [1.82, 2.24) is 9.38 Å². The Kier molecular flexibility index (Phi) is 7.15. The van der Waals surface area contributed by atoms with E-state index in [0.717, 1.165) is 38.8 Å². The number of carbonyl (C=O) groups excluding carboxylic acids is 2. The first-order valence-corrected chi connectivity index (χ1v) is 13.3. The van der Waals surface area contributed by atoms with Crippen LogP contribution in [0.4, 0.5) is 5.69 Å². The van der Waals surface area contributed by atoms with Crippen LogP contribution in [0.5, 0.6) is 5.75 Å². The second-order valence-electron chi connectivity index (χ2n) is 9.52. The van der Waals surface area contributed by atoms with Crippen molar-refractivity contribution in [2.24, 2.45) is 0 Å². The Morgan fingerprint density at radius 3 is 2.41 bits per heavy atom. The Bertz CT molecular complexity index is 1880. The Morgan fingerprint density at radius 2 is 1.59 bits per heavy atom. The number of imidazole rings is 1. The highest BCUT2D eigenvalue weighted by Crippen LogP contribution is 2.27. The van der Waals surface area contributed by atoms with Crippen LogP contribution in [-0.2, 0) is 9.53 Å². The molecule has 0 spiro atoms. The first kappa shape index (κ1) is 25.8. The molecule has 4 aromatic carbocycles. The zero-order valence-corrected chi connectivity index (χ0v) is 22.4. The summed E-state index contributed by atoms with van der Waals surface area (Å²) >= 11 is 0. The summed E-state index contributed by atoms with van der Waals surface area (Å²) in [4.78, 5) is 29.3. The van der Waals surface area contributed by atoms with E-state index in [1.165, 1.54) is 0 Å². The molecule has 7 nitrogen and oxygen atoms in total. The van der Waals surface area contributed by atoms with E-state index in [4.69, 9.17) is 14.5 Å². The highest BCUT2D eigenvalue weighted by molar-refractivity contribution is 6.06. The number of benzene rings is 4. The van der Waals surface area contributed by atoms with Gasteiger partial charge in [0.1, 0.15) is 11.4 Å². The third kappa shape index (κ3) is 5.79. The molecule has 0 aliphatic rings. The molecule has 0 bridgehead atoms. The summed E-state index contributed by atoms with van der Waals surface area (Å²) in [7, 11) is 0. The average Bonchev–Trinajstić information content (AvgIpc) is 3.44. The molecular formula is C34H27N3O4. The maximum absolute atomic E-state index is 13.0. The summed E-state index contributed by atoms with van der Waals surface area (Å²) in [6.07, 6.45) is 3.99. The first-order valence-electron chi connectivity index (χ1n) is 13.3. The Balaban J connectivity index is 1.18. The number of esters is 1. The van der Waals surface area contributed by atoms with Gasteiger partial charge in [0.2, 0.25) is 0 Å². The highest BCUT2D eigenvalue weighted by Gasteiger charge is 2.11. The van der Waals surface area contributed by atoms with Gasteiger partial charge in [-0.25, -0.2) is 9.78 Å². The topological polar surface area (TPSA) is 81.9 Å². The third-order valence-electron chi connectivity index (χ3n) is 6.73. The van der Waals surface area contributed by atoms with Crippen LogP contribution in [0.25, 0.3) is 38.8 Å². The lowest BCUT2D eigenvalue weighted by molar-refractivity contribution is -0.145. The zero-order valence-electron chi connectivity index (χ0n) is 22.4. The number of pyridine rings is 1. The van der Waals surface area contributed by atoms with Crippen molar-refractivity contribution >= 4 is 34.0 Å². The highest BCUT2D eigenvalue weighted by atomic mass is 16.6. The molecule has 202 valence electrons. The molecule has 6 rings (SSSR count). The number of hydrogen-bond donors (Lipinski definition) is 1. The minimum absolute atomic E-state index is 0.120. The van der Waals surface area contributed by atoms with E-state index >= 15 is 0 Å². The van der Waals surface area contributed by atoms with Crippen molar-refractivity contribution in [3.63, 3.8) is 0 Å². The number of fused-ring (bicyclic) bond motifs is 2. The summed E-state index contributed by atoms with van der Waals surface area (Å²) in [6.45, 7) is 1.97. The normalized spacial score (nSPS) is 11.0. The number of hydrogen-bond acceptors (Lipinski definition) is 5. The molecule has 0 radical (unpaired) electrons. The SMILES string of the molecule is CCOC(=O)COc1ccc(-c2ccc3nc(-c4cccc(NC(=O)c5ccc6ccccc6c5)c4)cn3c2)cc1. The van der Waals surface area contributed by atoms with E-state index in [-0.39, 0.29) is 12.5 Å². The standard InChI is InChI=1S/C34H27N3O4/c1-2-40-33(38)22-41-30-15-12-24(13-16-30)28-14-17-32-36-31(21-37(32)20-28)26-8-5-9-29(19-26)35-34(39)27-11-10-23-6-3-4-7-25(23)18-27/h3-21H,2,22H2,1H3,(H,35,39). The van der Waals surface area contributed by atoms with E-state index in [1.807, 2.05) is 120 Å². The van der Waals surface area contributed by atoms with Gasteiger partial charge in [-0.3, -0.25) is 4.79 Å². The van der Waals surface area contributed by atoms with Crippen LogP contribution in [0.1, 0.15) is 17.3 Å². The molecule has 1 N–H and O–H groups in total. The number of ether oxygens (including phenoxy) is 2. The van der Waals surface area contributed by atoms with Crippen molar-refractivity contribution in [3.05, 3.63) is 121 Å². The fraction of sp³-hybridized carbons (Fsp3) is 0.0882. The van der Waals surface area contributed by atoms with Crippen LogP contribution < -0.4 is 10.1 Å². The maximum atomic E-state index is 13.0. The second kappa shape index (κ2) is 11.4. The van der Waals surface area contributed by atoms with Gasteiger partial charge in [0.15, 0.2) is 6.61 Å². The maximum Gasteiger partial charge on any atom is 0.344 e. The molecule has 6 aromatic rings. The lowest BCUT2D eigenvalue weighted by Gasteiger charge is -2.08. The molecule has 0 saturated heterocycles. The first-order chi connectivity index (χ1) is 20.1. The third-order valence-corrected chi connectivity index (χ3v) is 6.73. The average molecular weight is 542 g/mol. The van der Waals surface area contributed by atoms with Crippen LogP contribution in [0.2, 0.25) is 0 Å². The summed E-state index contributed by atoms with van der Waals surface area (Å²) < 4.78 is 12.4. The minimum atomic E-state index is -0.393. The number of nitrogens with zero attached hydrogens (tertiary/aromatic N) is 2. The summed E-state index contributed by atoms with van der Waals surface area (Å²) in [5, 5.41) is 5.13. The quantitative estimate of drug-likeness (QED) is 0.210. The molecule has 0 atom stereocenters. The van der Waals surface area contributed by atoms with Crippen molar-refractivity contribution in [1.29, 1.82) is 0 Å². The van der Waals surface area contributed by atoms with Crippen LogP contribution >= 0.6 is 0 Å². The van der Waals surface area contributed by atoms with E-state index < -0.39 is 5.97 Å². The number of aromatic nitrogens is 2. The minimum Gasteiger partial charge on any atom is -0.482 e. The van der Waals surface area contributed by atoms with Gasteiger partial charge in [-0.15, -0.1) is 0 Å². The van der Waals surface area contributed by atoms with Crippen LogP contribution in [0.15, 0.2) is 116 Å². The van der Waals surface area contributed by atoms with Gasteiger partial charge >= 0.3 is 5.97 Å². The Morgan fingerprint density at radius 1 is 0.780 bits per heavy atom. The molecular weight excluding hydrogens is 514 g/mol. The van der Waals surface area contributed by atoms with E-state index in [1.54, 1.807) is 6.92 Å². The zero-order chi connectivity index (χ0) is 28.2. The van der Waals surface area contributed by atoms with E-state index in [0.29, 0.717) is 23.6 Å². The van der Waals surface area contributed by atoms with Crippen molar-refractivity contribution in [2.75, 3.05) is 18.5 Å². The molecule has 1 amide bonds. The summed E-state index contributed by atoms with van der Waals surface area (Å²) in [5.74, 6) is 0.0426. The van der Waals surface area contributed by atoms with Crippen molar-refractivity contribution in [3.8, 4) is 28.1 Å². The molecule has 2 heterocycles.